The Morgan fingerprint density at radius 3 is 2.47 bits per heavy atom. The van der Waals surface area contributed by atoms with Gasteiger partial charge in [0.05, 0.1) is 29.3 Å². The summed E-state index contributed by atoms with van der Waals surface area (Å²) in [5, 5.41) is 9.23. The van der Waals surface area contributed by atoms with Crippen LogP contribution in [0.25, 0.3) is 0 Å². The van der Waals surface area contributed by atoms with E-state index < -0.39 is 5.97 Å². The molecule has 3 nitrogen and oxygen atoms in total. The van der Waals surface area contributed by atoms with E-state index in [1.807, 2.05) is 0 Å². The largest absolute Gasteiger partial charge is 0.465 e. The van der Waals surface area contributed by atoms with Gasteiger partial charge < -0.3 is 9.84 Å². The summed E-state index contributed by atoms with van der Waals surface area (Å²) < 4.78 is 4.50. The lowest BCUT2D eigenvalue weighted by atomic mass is 10.1. The molecule has 0 aliphatic carbocycles. The third kappa shape index (κ3) is 2.37. The predicted molar refractivity (Wildman–Crippen MR) is 58.7 cm³/mol. The Bertz CT molecular complexity index is 404. The van der Waals surface area contributed by atoms with Crippen LogP contribution in [0, 0.1) is 0 Å². The van der Waals surface area contributed by atoms with Gasteiger partial charge in [-0.1, -0.05) is 34.8 Å². The fraction of sp³-hybridized carbons (Fsp3) is 0.222. The summed E-state index contributed by atoms with van der Waals surface area (Å²) in [5.74, 6) is -0.631. The minimum Gasteiger partial charge on any atom is -0.465 e. The Morgan fingerprint density at radius 2 is 2.00 bits per heavy atom. The zero-order chi connectivity index (χ0) is 11.6. The molecule has 0 aliphatic heterocycles. The van der Waals surface area contributed by atoms with Crippen molar-refractivity contribution < 1.29 is 14.6 Å². The molecule has 0 fully saturated rings. The zero-order valence-electron chi connectivity index (χ0n) is 7.68. The standard InChI is InChI=1S/C9H7Cl3O3/c1-15-9(14)4-2-6(10)5(3-13)8(12)7(4)11/h2,13H,3H2,1H3. The predicted octanol–water partition coefficient (Wildman–Crippen LogP) is 2.93. The number of methoxy groups -OCH3 is 1. The summed E-state index contributed by atoms with van der Waals surface area (Å²) in [5.41, 5.74) is 0.363. The van der Waals surface area contributed by atoms with Crippen LogP contribution in [-0.2, 0) is 11.3 Å². The highest BCUT2D eigenvalue weighted by atomic mass is 35.5. The molecule has 0 saturated heterocycles. The van der Waals surface area contributed by atoms with E-state index in [1.165, 1.54) is 13.2 Å². The van der Waals surface area contributed by atoms with Gasteiger partial charge in [-0.05, 0) is 6.07 Å². The minimum absolute atomic E-state index is 0.0250. The highest BCUT2D eigenvalue weighted by Gasteiger charge is 2.18. The minimum atomic E-state index is -0.631. The van der Waals surface area contributed by atoms with E-state index in [4.69, 9.17) is 39.9 Å². The summed E-state index contributed by atoms with van der Waals surface area (Å²) in [6.45, 7) is -0.348. The van der Waals surface area contributed by atoms with Gasteiger partial charge in [0.1, 0.15) is 0 Å². The average Bonchev–Trinajstić information content (AvgIpc) is 2.23. The molecule has 6 heteroatoms. The van der Waals surface area contributed by atoms with Crippen LogP contribution in [0.1, 0.15) is 15.9 Å². The highest BCUT2D eigenvalue weighted by molar-refractivity contribution is 6.45. The van der Waals surface area contributed by atoms with Crippen molar-refractivity contribution in [1.29, 1.82) is 0 Å². The molecule has 15 heavy (non-hydrogen) atoms. The number of esters is 1. The zero-order valence-corrected chi connectivity index (χ0v) is 9.95. The summed E-state index contributed by atoms with van der Waals surface area (Å²) in [6.07, 6.45) is 0. The lowest BCUT2D eigenvalue weighted by molar-refractivity contribution is 0.0601. The van der Waals surface area contributed by atoms with Crippen molar-refractivity contribution in [3.63, 3.8) is 0 Å². The fourth-order valence-electron chi connectivity index (χ4n) is 1.04. The molecule has 0 heterocycles. The number of ether oxygens (including phenoxy) is 1. The molecule has 0 unspecified atom stereocenters. The number of halogens is 3. The number of benzene rings is 1. The Labute approximate surface area is 102 Å². The molecule has 0 spiro atoms. The van der Waals surface area contributed by atoms with Crippen molar-refractivity contribution in [2.45, 2.75) is 6.61 Å². The van der Waals surface area contributed by atoms with Gasteiger partial charge in [-0.2, -0.15) is 0 Å². The molecule has 0 saturated carbocycles. The van der Waals surface area contributed by atoms with Crippen LogP contribution in [0.2, 0.25) is 15.1 Å². The van der Waals surface area contributed by atoms with Crippen molar-refractivity contribution in [1.82, 2.24) is 0 Å². The number of hydrogen-bond donors (Lipinski definition) is 1. The van der Waals surface area contributed by atoms with Gasteiger partial charge in [0.25, 0.3) is 0 Å². The number of aliphatic hydroxyl groups is 1. The van der Waals surface area contributed by atoms with E-state index in [0.717, 1.165) is 0 Å². The van der Waals surface area contributed by atoms with E-state index in [9.17, 15) is 4.79 Å². The molecule has 0 aromatic heterocycles. The first-order valence-corrected chi connectivity index (χ1v) is 5.01. The molecule has 82 valence electrons. The summed E-state index contributed by atoms with van der Waals surface area (Å²) in [4.78, 5) is 11.3. The van der Waals surface area contributed by atoms with Crippen LogP contribution in [0.4, 0.5) is 0 Å². The maximum Gasteiger partial charge on any atom is 0.339 e. The second-order valence-corrected chi connectivity index (χ2v) is 3.83. The lowest BCUT2D eigenvalue weighted by Crippen LogP contribution is -2.04. The van der Waals surface area contributed by atoms with E-state index in [1.54, 1.807) is 0 Å². The normalized spacial score (nSPS) is 10.2. The van der Waals surface area contributed by atoms with Gasteiger partial charge in [0.2, 0.25) is 0 Å². The first-order chi connectivity index (χ1) is 7.02. The topological polar surface area (TPSA) is 46.5 Å². The molecule has 0 bridgehead atoms. The first kappa shape index (κ1) is 12.6. The number of carbonyl (C=O) groups excluding carboxylic acids is 1. The molecule has 1 aromatic carbocycles. The second kappa shape index (κ2) is 5.03. The van der Waals surface area contributed by atoms with Gasteiger partial charge >= 0.3 is 5.97 Å². The van der Waals surface area contributed by atoms with Crippen molar-refractivity contribution in [3.8, 4) is 0 Å². The van der Waals surface area contributed by atoms with Crippen molar-refractivity contribution in [2.24, 2.45) is 0 Å². The van der Waals surface area contributed by atoms with Crippen LogP contribution in [-0.4, -0.2) is 18.2 Å². The summed E-state index contributed by atoms with van der Waals surface area (Å²) >= 11 is 17.4. The van der Waals surface area contributed by atoms with Crippen molar-refractivity contribution in [2.75, 3.05) is 7.11 Å². The number of hydrogen-bond acceptors (Lipinski definition) is 3. The van der Waals surface area contributed by atoms with Gasteiger partial charge in [0, 0.05) is 10.6 Å². The first-order valence-electron chi connectivity index (χ1n) is 3.88. The third-order valence-corrected chi connectivity index (χ3v) is 3.06. The maximum absolute atomic E-state index is 11.3. The van der Waals surface area contributed by atoms with Gasteiger partial charge in [-0.3, -0.25) is 0 Å². The molecule has 1 aromatic rings. The Hall–Kier alpha value is -0.480. The fourth-order valence-corrected chi connectivity index (χ4v) is 1.86. The molecule has 0 aliphatic rings. The number of rotatable bonds is 2. The highest BCUT2D eigenvalue weighted by Crippen LogP contribution is 2.35. The third-order valence-electron chi connectivity index (χ3n) is 1.82. The van der Waals surface area contributed by atoms with Crippen molar-refractivity contribution in [3.05, 3.63) is 32.3 Å². The SMILES string of the molecule is COC(=O)c1cc(Cl)c(CO)c(Cl)c1Cl. The van der Waals surface area contributed by atoms with Crippen LogP contribution >= 0.6 is 34.8 Å². The number of carbonyl (C=O) groups is 1. The molecule has 1 N–H and O–H groups in total. The number of aliphatic hydroxyl groups excluding tert-OH is 1. The Balaban J connectivity index is 3.40. The average molecular weight is 270 g/mol. The van der Waals surface area contributed by atoms with E-state index in [0.29, 0.717) is 0 Å². The van der Waals surface area contributed by atoms with E-state index in [-0.39, 0.29) is 32.8 Å². The molecule has 0 amide bonds. The molecule has 0 radical (unpaired) electrons. The molecule has 0 atom stereocenters. The molecule has 1 rings (SSSR count). The van der Waals surface area contributed by atoms with Crippen LogP contribution in [0.15, 0.2) is 6.07 Å². The summed E-state index contributed by atoms with van der Waals surface area (Å²) in [7, 11) is 1.22. The monoisotopic (exact) mass is 268 g/mol. The Kier molecular flexibility index (Phi) is 4.22. The molecular formula is C9H7Cl3O3. The Morgan fingerprint density at radius 1 is 1.40 bits per heavy atom. The van der Waals surface area contributed by atoms with Crippen LogP contribution in [0.5, 0.6) is 0 Å². The molecular weight excluding hydrogens is 262 g/mol. The van der Waals surface area contributed by atoms with Crippen LogP contribution in [0.3, 0.4) is 0 Å². The van der Waals surface area contributed by atoms with E-state index >= 15 is 0 Å². The second-order valence-electron chi connectivity index (χ2n) is 2.66. The summed E-state index contributed by atoms with van der Waals surface area (Å²) in [6, 6.07) is 1.31. The smallest absolute Gasteiger partial charge is 0.339 e. The van der Waals surface area contributed by atoms with Gasteiger partial charge in [-0.25, -0.2) is 4.79 Å². The van der Waals surface area contributed by atoms with E-state index in [2.05, 4.69) is 4.74 Å². The maximum atomic E-state index is 11.3. The van der Waals surface area contributed by atoms with Gasteiger partial charge in [-0.15, -0.1) is 0 Å². The van der Waals surface area contributed by atoms with Crippen LogP contribution < -0.4 is 0 Å². The quantitative estimate of drug-likeness (QED) is 0.663. The lowest BCUT2D eigenvalue weighted by Gasteiger charge is -2.09. The van der Waals surface area contributed by atoms with Gasteiger partial charge in [0.15, 0.2) is 0 Å². The van der Waals surface area contributed by atoms with Crippen molar-refractivity contribution >= 4 is 40.8 Å².